The summed E-state index contributed by atoms with van der Waals surface area (Å²) in [6.07, 6.45) is 4.31. The monoisotopic (exact) mass is 1900 g/mol. The Morgan fingerprint density at radius 2 is 0.349 bits per heavy atom. The van der Waals surface area contributed by atoms with Crippen molar-refractivity contribution < 1.29 is 0 Å². The van der Waals surface area contributed by atoms with Crippen LogP contribution in [0.15, 0.2) is 613 Å². The third kappa shape index (κ3) is 19.2. The molecular formula is C143H104N6. The Hall–Kier alpha value is -19.7. The summed E-state index contributed by atoms with van der Waals surface area (Å²) in [6, 6.07) is 212. The predicted molar refractivity (Wildman–Crippen MR) is 633 cm³/mol. The van der Waals surface area contributed by atoms with Crippen molar-refractivity contribution in [3.63, 3.8) is 0 Å². The minimum atomic E-state index is 0.749. The van der Waals surface area contributed by atoms with E-state index in [4.69, 9.17) is 0 Å². The second-order valence-corrected chi connectivity index (χ2v) is 37.5. The quantitative estimate of drug-likeness (QED) is 0.0597. The zero-order valence-electron chi connectivity index (χ0n) is 82.3. The lowest BCUT2D eigenvalue weighted by Crippen LogP contribution is -2.16. The lowest BCUT2D eigenvalue weighted by molar-refractivity contribution is 1.10. The Kier molecular flexibility index (Phi) is 25.9. The zero-order chi connectivity index (χ0) is 99.6. The van der Waals surface area contributed by atoms with Crippen LogP contribution < -0.4 is 14.7 Å². The van der Waals surface area contributed by atoms with E-state index in [2.05, 4.69) is 642 Å². The van der Waals surface area contributed by atoms with E-state index >= 15 is 0 Å². The van der Waals surface area contributed by atoms with Crippen LogP contribution in [0.25, 0.3) is 177 Å². The summed E-state index contributed by atoms with van der Waals surface area (Å²) in [6.45, 7) is 5.12. The first-order valence-electron chi connectivity index (χ1n) is 51.0. The highest BCUT2D eigenvalue weighted by Crippen LogP contribution is 2.44. The number of allylic oxidation sites excluding steroid dienone is 2. The van der Waals surface area contributed by atoms with Gasteiger partial charge in [0.05, 0.1) is 33.1 Å². The lowest BCUT2D eigenvalue weighted by Gasteiger charge is -2.25. The van der Waals surface area contributed by atoms with Crippen molar-refractivity contribution in [2.24, 2.45) is 0 Å². The number of para-hydroxylation sites is 12. The fourth-order valence-corrected chi connectivity index (χ4v) is 21.0. The van der Waals surface area contributed by atoms with Crippen LogP contribution in [0.5, 0.6) is 0 Å². The lowest BCUT2D eigenvalue weighted by atomic mass is 9.96. The van der Waals surface area contributed by atoms with E-state index in [9.17, 15) is 0 Å². The van der Waals surface area contributed by atoms with Gasteiger partial charge in [-0.1, -0.05) is 425 Å². The smallest absolute Gasteiger partial charge is 0.0541 e. The van der Waals surface area contributed by atoms with Crippen LogP contribution in [-0.2, 0) is 0 Å². The molecule has 149 heavy (non-hydrogen) atoms. The van der Waals surface area contributed by atoms with Crippen molar-refractivity contribution in [2.45, 2.75) is 0 Å². The average molecular weight is 1910 g/mol. The number of anilines is 8. The molecule has 0 unspecified atom stereocenters. The number of fused-ring (bicyclic) bond motifs is 9. The molecule has 0 N–H and O–H groups in total. The van der Waals surface area contributed by atoms with E-state index in [-0.39, 0.29) is 0 Å². The minimum Gasteiger partial charge on any atom is -0.338 e. The molecule has 0 aliphatic carbocycles. The molecule has 0 saturated carbocycles. The van der Waals surface area contributed by atoms with Gasteiger partial charge in [-0.15, -0.1) is 0 Å². The summed E-state index contributed by atoms with van der Waals surface area (Å²) < 4.78 is 7.08. The van der Waals surface area contributed by atoms with Gasteiger partial charge in [0.15, 0.2) is 0 Å². The second kappa shape index (κ2) is 42.1. The summed E-state index contributed by atoms with van der Waals surface area (Å²) in [7, 11) is 0. The molecule has 0 fully saturated rings. The van der Waals surface area contributed by atoms with E-state index < -0.39 is 0 Å². The molecule has 0 bridgehead atoms. The van der Waals surface area contributed by atoms with Crippen LogP contribution in [-0.4, -0.2) is 20.2 Å². The maximum absolute atomic E-state index is 4.37. The van der Waals surface area contributed by atoms with E-state index in [0.717, 1.165) is 63.2 Å². The molecule has 6 nitrogen and oxygen atoms in total. The molecular weight excluding hydrogens is 1800 g/mol. The van der Waals surface area contributed by atoms with Gasteiger partial charge in [0, 0.05) is 101 Å². The summed E-state index contributed by atoms with van der Waals surface area (Å²) in [5.41, 5.74) is 41.4. The first-order chi connectivity index (χ1) is 73.8. The molecule has 0 aliphatic heterocycles. The Morgan fingerprint density at radius 3 is 0.597 bits per heavy atom. The molecule has 3 aromatic heterocycles. The molecule has 0 aliphatic rings. The summed E-state index contributed by atoms with van der Waals surface area (Å²) in [4.78, 5) is 6.88. The fourth-order valence-electron chi connectivity index (χ4n) is 21.0. The Balaban J connectivity index is 0.000000120. The van der Waals surface area contributed by atoms with Crippen LogP contribution in [0.1, 0.15) is 5.56 Å². The van der Waals surface area contributed by atoms with Crippen LogP contribution >= 0.6 is 0 Å². The minimum absolute atomic E-state index is 0.749. The van der Waals surface area contributed by atoms with E-state index in [0.29, 0.717) is 0 Å². The Morgan fingerprint density at radius 1 is 0.168 bits per heavy atom. The number of benzene rings is 23. The van der Waals surface area contributed by atoms with Gasteiger partial charge in [0.2, 0.25) is 0 Å². The van der Waals surface area contributed by atoms with Gasteiger partial charge in [-0.2, -0.15) is 0 Å². The van der Waals surface area contributed by atoms with Crippen LogP contribution in [0.3, 0.4) is 0 Å². The molecule has 0 atom stereocenters. The van der Waals surface area contributed by atoms with Gasteiger partial charge in [0.25, 0.3) is 0 Å². The SMILES string of the molecule is C=C(/C=C\CN(c1ccccc1)c1ccccc1)c1ccc(-c2ccc(-c3ccc4c(c3)c3ccccc3n4-c3ccccc3)cc2)cc1.c1ccc(N(c2ccccc2)c2ccc(-c3ccc(-c4ccc(-c5ccc(-c6ccc7c(c6)c6ccccc6n7-c6ccccc6)cc5)cc4)cc3)cc2)cc1.c1ccc(N(c2ccccc2)c2ccc(-c3ccc(-c4ccc5c(c4)c4ccccc4n5-c4ccccc4)cc3)cc2)cc1. The van der Waals surface area contributed by atoms with Crippen molar-refractivity contribution in [3.8, 4) is 106 Å². The molecule has 0 radical (unpaired) electrons. The highest BCUT2D eigenvalue weighted by molar-refractivity contribution is 6.13. The predicted octanol–water partition coefficient (Wildman–Crippen LogP) is 39.0. The first kappa shape index (κ1) is 91.8. The van der Waals surface area contributed by atoms with Crippen LogP contribution in [0.2, 0.25) is 0 Å². The molecule has 706 valence electrons. The summed E-state index contributed by atoms with van der Waals surface area (Å²) in [5, 5.41) is 7.60. The topological polar surface area (TPSA) is 24.5 Å². The number of rotatable bonds is 23. The average Bonchev–Trinajstić information content (AvgIpc) is 1.60. The van der Waals surface area contributed by atoms with Gasteiger partial charge in [-0.05, 0) is 288 Å². The highest BCUT2D eigenvalue weighted by atomic mass is 15.2. The molecule has 26 aromatic rings. The molecule has 26 rings (SSSR count). The van der Waals surface area contributed by atoms with Crippen LogP contribution in [0, 0.1) is 0 Å². The molecule has 0 spiro atoms. The standard InChI is InChI=1S/C54H38N2.C47H36N2.C42H30N2/c1-4-12-47(13-5-1)55(48-14-6-2-7-15-48)50-35-32-44(33-36-50)43-26-24-40(25-27-43)39-20-22-41(23-21-39)42-28-30-45(31-29-42)46-34-37-54-52(38-46)51-18-10-11-19-53(51)56(54)49-16-8-3-9-17-49;1-35(14-13-33-48(41-15-5-2-6-16-41)42-17-7-3-8-18-42)36-23-25-37(26-24-36)38-27-29-39(30-28-38)40-31-32-47-45(34-40)44-21-11-12-22-46(44)49(47)43-19-9-4-10-20-43;1-4-12-35(13-5-1)43(36-14-6-2-7-15-36)38-27-24-32(25-28-38)31-20-22-33(23-21-31)34-26-29-42-40(30-34)39-18-10-11-19-41(39)44(42)37-16-8-3-9-17-37/h1-38H;2-32,34H,1,33H2;1-30H/b;14-13-;. The largest absolute Gasteiger partial charge is 0.338 e. The van der Waals surface area contributed by atoms with Crippen molar-refractivity contribution in [3.05, 3.63) is 619 Å². The second-order valence-electron chi connectivity index (χ2n) is 37.5. The maximum atomic E-state index is 4.37. The van der Waals surface area contributed by atoms with Gasteiger partial charge in [0.1, 0.15) is 0 Å². The third-order valence-corrected chi connectivity index (χ3v) is 28.5. The highest BCUT2D eigenvalue weighted by Gasteiger charge is 2.22. The van der Waals surface area contributed by atoms with Gasteiger partial charge in [-0.25, -0.2) is 0 Å². The molecule has 23 aromatic carbocycles. The maximum Gasteiger partial charge on any atom is 0.0541 e. The Labute approximate surface area is 870 Å². The molecule has 0 amide bonds. The molecule has 6 heteroatoms. The molecule has 0 saturated heterocycles. The van der Waals surface area contributed by atoms with E-state index in [1.54, 1.807) is 0 Å². The number of hydrogen-bond donors (Lipinski definition) is 0. The van der Waals surface area contributed by atoms with Gasteiger partial charge < -0.3 is 28.4 Å². The normalized spacial score (nSPS) is 11.2. The van der Waals surface area contributed by atoms with Crippen LogP contribution in [0.4, 0.5) is 45.5 Å². The number of nitrogens with zero attached hydrogens (tertiary/aromatic N) is 6. The Bertz CT molecular complexity index is 9040. The van der Waals surface area contributed by atoms with Gasteiger partial charge >= 0.3 is 0 Å². The number of hydrogen-bond acceptors (Lipinski definition) is 3. The fraction of sp³-hybridized carbons (Fsp3) is 0.00699. The van der Waals surface area contributed by atoms with E-state index in [1.165, 1.54) is 171 Å². The van der Waals surface area contributed by atoms with Crippen molar-refractivity contribution in [1.82, 2.24) is 13.7 Å². The first-order valence-corrected chi connectivity index (χ1v) is 51.0. The number of aromatic nitrogens is 3. The summed E-state index contributed by atoms with van der Waals surface area (Å²) in [5.74, 6) is 0. The molecule has 3 heterocycles. The van der Waals surface area contributed by atoms with Crippen molar-refractivity contribution >= 4 is 116 Å². The zero-order valence-corrected chi connectivity index (χ0v) is 82.3. The van der Waals surface area contributed by atoms with Crippen molar-refractivity contribution in [1.29, 1.82) is 0 Å². The van der Waals surface area contributed by atoms with Crippen molar-refractivity contribution in [2.75, 3.05) is 21.2 Å². The van der Waals surface area contributed by atoms with E-state index in [1.807, 2.05) is 0 Å². The summed E-state index contributed by atoms with van der Waals surface area (Å²) >= 11 is 0. The third-order valence-electron chi connectivity index (χ3n) is 28.5. The van der Waals surface area contributed by atoms with Gasteiger partial charge in [-0.3, -0.25) is 0 Å².